The molecule has 0 saturated carbocycles. The van der Waals surface area contributed by atoms with Crippen LogP contribution in [0.5, 0.6) is 0 Å². The van der Waals surface area contributed by atoms with E-state index in [-0.39, 0.29) is 35.0 Å². The second kappa shape index (κ2) is 9.09. The highest BCUT2D eigenvalue weighted by atomic mass is 16.2. The Morgan fingerprint density at radius 3 is 2.29 bits per heavy atom. The van der Waals surface area contributed by atoms with Crippen molar-refractivity contribution in [1.82, 2.24) is 0 Å². The van der Waals surface area contributed by atoms with Crippen molar-refractivity contribution in [3.05, 3.63) is 70.9 Å². The van der Waals surface area contributed by atoms with Gasteiger partial charge in [0, 0.05) is 48.8 Å². The summed E-state index contributed by atoms with van der Waals surface area (Å²) in [5.41, 5.74) is 9.55. The number of hydrogen-bond donors (Lipinski definition) is 1. The van der Waals surface area contributed by atoms with E-state index in [2.05, 4.69) is 30.9 Å². The Hall–Kier alpha value is -3.41. The molecule has 2 aromatic carbocycles. The van der Waals surface area contributed by atoms with Gasteiger partial charge in [0.05, 0.1) is 11.3 Å². The van der Waals surface area contributed by atoms with Gasteiger partial charge in [-0.15, -0.1) is 0 Å². The number of nitrogens with two attached hydrogens (primary N) is 1. The highest BCUT2D eigenvalue weighted by Gasteiger charge is 2.44. The van der Waals surface area contributed by atoms with E-state index in [1.54, 1.807) is 29.2 Å². The fourth-order valence-electron chi connectivity index (χ4n) is 5.36. The lowest BCUT2D eigenvalue weighted by molar-refractivity contribution is -0.121. The molecule has 34 heavy (non-hydrogen) atoms. The molecule has 2 aliphatic rings. The maximum absolute atomic E-state index is 13.6. The zero-order valence-corrected chi connectivity index (χ0v) is 20.4. The Labute approximate surface area is 201 Å². The standard InChI is InChI=1S/C28H33N3O3/c1-5-30(6-2)19-13-11-18(12-14-19)21-15-25(33)31(22-10-8-7-9-20(22)27(29)34)23-16-28(3,4)17-24(32)26(21)23/h7-14,21H,5-6,15-17H2,1-4H3,(H2,29,34). The third-order valence-electron chi connectivity index (χ3n) is 6.98. The fourth-order valence-corrected chi connectivity index (χ4v) is 5.36. The van der Waals surface area contributed by atoms with Crippen molar-refractivity contribution < 1.29 is 14.4 Å². The molecule has 0 fully saturated rings. The van der Waals surface area contributed by atoms with Crippen LogP contribution in [0.3, 0.4) is 0 Å². The number of allylic oxidation sites excluding steroid dienone is 2. The van der Waals surface area contributed by atoms with Crippen LogP contribution in [-0.2, 0) is 9.59 Å². The van der Waals surface area contributed by atoms with Gasteiger partial charge in [0.25, 0.3) is 5.91 Å². The number of carbonyl (C=O) groups is 3. The van der Waals surface area contributed by atoms with Crippen LogP contribution in [0.25, 0.3) is 0 Å². The van der Waals surface area contributed by atoms with E-state index in [1.165, 1.54) is 0 Å². The first kappa shape index (κ1) is 23.7. The molecule has 2 amide bonds. The third kappa shape index (κ3) is 4.25. The van der Waals surface area contributed by atoms with Gasteiger partial charge < -0.3 is 10.6 Å². The number of primary amides is 1. The first-order valence-electron chi connectivity index (χ1n) is 12.0. The van der Waals surface area contributed by atoms with E-state index in [9.17, 15) is 14.4 Å². The van der Waals surface area contributed by atoms with Gasteiger partial charge in [-0.3, -0.25) is 19.3 Å². The summed E-state index contributed by atoms with van der Waals surface area (Å²) < 4.78 is 0. The molecule has 1 heterocycles. The number of para-hydroxylation sites is 1. The van der Waals surface area contributed by atoms with Crippen molar-refractivity contribution in [3.8, 4) is 0 Å². The van der Waals surface area contributed by atoms with Gasteiger partial charge in [0.2, 0.25) is 5.91 Å². The quantitative estimate of drug-likeness (QED) is 0.673. The Kier molecular flexibility index (Phi) is 6.34. The average Bonchev–Trinajstić information content (AvgIpc) is 2.79. The van der Waals surface area contributed by atoms with Crippen LogP contribution in [0.4, 0.5) is 11.4 Å². The van der Waals surface area contributed by atoms with E-state index in [0.29, 0.717) is 29.8 Å². The van der Waals surface area contributed by atoms with Crippen LogP contribution >= 0.6 is 0 Å². The lowest BCUT2D eigenvalue weighted by Crippen LogP contribution is -2.44. The van der Waals surface area contributed by atoms with E-state index in [4.69, 9.17) is 5.73 Å². The first-order chi connectivity index (χ1) is 16.2. The molecule has 6 heteroatoms. The number of amides is 2. The predicted molar refractivity (Wildman–Crippen MR) is 135 cm³/mol. The monoisotopic (exact) mass is 459 g/mol. The molecule has 0 radical (unpaired) electrons. The van der Waals surface area contributed by atoms with Crippen LogP contribution < -0.4 is 15.5 Å². The normalized spacial score (nSPS) is 19.8. The summed E-state index contributed by atoms with van der Waals surface area (Å²) in [5.74, 6) is -0.955. The van der Waals surface area contributed by atoms with E-state index in [0.717, 1.165) is 24.3 Å². The molecule has 2 aromatic rings. The van der Waals surface area contributed by atoms with E-state index in [1.807, 2.05) is 26.0 Å². The van der Waals surface area contributed by atoms with Crippen molar-refractivity contribution in [2.24, 2.45) is 11.1 Å². The van der Waals surface area contributed by atoms with Crippen molar-refractivity contribution in [1.29, 1.82) is 0 Å². The van der Waals surface area contributed by atoms with Crippen LogP contribution in [0, 0.1) is 5.41 Å². The number of rotatable bonds is 6. The molecule has 1 unspecified atom stereocenters. The second-order valence-corrected chi connectivity index (χ2v) is 9.93. The fraction of sp³-hybridized carbons (Fsp3) is 0.393. The molecular formula is C28H33N3O3. The van der Waals surface area contributed by atoms with Crippen LogP contribution in [0.1, 0.15) is 68.8 Å². The molecule has 0 bridgehead atoms. The van der Waals surface area contributed by atoms with Crippen molar-refractivity contribution in [2.45, 2.75) is 52.9 Å². The second-order valence-electron chi connectivity index (χ2n) is 9.93. The Bertz CT molecular complexity index is 1160. The van der Waals surface area contributed by atoms with Gasteiger partial charge >= 0.3 is 0 Å². The van der Waals surface area contributed by atoms with Crippen LogP contribution in [-0.4, -0.2) is 30.7 Å². The number of carbonyl (C=O) groups excluding carboxylic acids is 3. The number of hydrogen-bond acceptors (Lipinski definition) is 4. The zero-order valence-electron chi connectivity index (χ0n) is 20.4. The number of benzene rings is 2. The molecule has 1 aliphatic carbocycles. The van der Waals surface area contributed by atoms with Gasteiger partial charge in [-0.05, 0) is 55.5 Å². The van der Waals surface area contributed by atoms with Gasteiger partial charge in [-0.25, -0.2) is 0 Å². The number of ketones is 1. The highest BCUT2D eigenvalue weighted by molar-refractivity contribution is 6.10. The molecular weight excluding hydrogens is 426 g/mol. The minimum absolute atomic E-state index is 0.0677. The van der Waals surface area contributed by atoms with Gasteiger partial charge in [-0.1, -0.05) is 38.1 Å². The summed E-state index contributed by atoms with van der Waals surface area (Å²) in [4.78, 5) is 43.1. The molecule has 1 atom stereocenters. The minimum Gasteiger partial charge on any atom is -0.372 e. The highest BCUT2D eigenvalue weighted by Crippen LogP contribution is 2.48. The van der Waals surface area contributed by atoms with Gasteiger partial charge in [0.15, 0.2) is 5.78 Å². The lowest BCUT2D eigenvalue weighted by Gasteiger charge is -2.43. The zero-order chi connectivity index (χ0) is 24.6. The Balaban J connectivity index is 1.85. The van der Waals surface area contributed by atoms with E-state index < -0.39 is 5.91 Å². The maximum Gasteiger partial charge on any atom is 0.250 e. The van der Waals surface area contributed by atoms with Crippen LogP contribution in [0.2, 0.25) is 0 Å². The van der Waals surface area contributed by atoms with Gasteiger partial charge in [-0.2, -0.15) is 0 Å². The lowest BCUT2D eigenvalue weighted by atomic mass is 9.69. The molecule has 0 spiro atoms. The molecule has 6 nitrogen and oxygen atoms in total. The largest absolute Gasteiger partial charge is 0.372 e. The van der Waals surface area contributed by atoms with Gasteiger partial charge in [0.1, 0.15) is 0 Å². The molecule has 4 rings (SSSR count). The summed E-state index contributed by atoms with van der Waals surface area (Å²) in [6, 6.07) is 15.1. The maximum atomic E-state index is 13.6. The summed E-state index contributed by atoms with van der Waals surface area (Å²) in [6.45, 7) is 10.1. The Morgan fingerprint density at radius 2 is 1.68 bits per heavy atom. The van der Waals surface area contributed by atoms with Crippen molar-refractivity contribution >= 4 is 29.0 Å². The van der Waals surface area contributed by atoms with Crippen molar-refractivity contribution in [2.75, 3.05) is 22.9 Å². The summed E-state index contributed by atoms with van der Waals surface area (Å²) >= 11 is 0. The Morgan fingerprint density at radius 1 is 1.03 bits per heavy atom. The summed E-state index contributed by atoms with van der Waals surface area (Å²) in [6.07, 6.45) is 1.17. The smallest absolute Gasteiger partial charge is 0.250 e. The SMILES string of the molecule is CCN(CC)c1ccc(C2CC(=O)N(c3ccccc3C(N)=O)C3=C2C(=O)CC(C)(C)C3)cc1. The number of nitrogens with zero attached hydrogens (tertiary/aromatic N) is 2. The molecule has 2 N–H and O–H groups in total. The molecule has 178 valence electrons. The predicted octanol–water partition coefficient (Wildman–Crippen LogP) is 4.80. The summed E-state index contributed by atoms with van der Waals surface area (Å²) in [7, 11) is 0. The molecule has 0 saturated heterocycles. The average molecular weight is 460 g/mol. The van der Waals surface area contributed by atoms with Crippen LogP contribution in [0.15, 0.2) is 59.8 Å². The minimum atomic E-state index is -0.596. The topological polar surface area (TPSA) is 83.7 Å². The molecule has 0 aromatic heterocycles. The third-order valence-corrected chi connectivity index (χ3v) is 6.98. The van der Waals surface area contributed by atoms with E-state index >= 15 is 0 Å². The summed E-state index contributed by atoms with van der Waals surface area (Å²) in [5, 5.41) is 0. The number of Topliss-reactive ketones (excluding diaryl/α,β-unsaturated/α-hetero) is 1. The van der Waals surface area contributed by atoms with Crippen molar-refractivity contribution in [3.63, 3.8) is 0 Å². The number of anilines is 2. The first-order valence-corrected chi connectivity index (χ1v) is 12.0. The molecule has 1 aliphatic heterocycles.